The monoisotopic (exact) mass is 619 g/mol. The van der Waals surface area contributed by atoms with Crippen molar-refractivity contribution in [1.82, 2.24) is 5.32 Å². The molecule has 6 rings (SSSR count). The molecule has 2 aliphatic heterocycles. The van der Waals surface area contributed by atoms with E-state index in [1.54, 1.807) is 72.8 Å². The Labute approximate surface area is 257 Å². The zero-order valence-corrected chi connectivity index (χ0v) is 24.5. The second-order valence-electron chi connectivity index (χ2n) is 10.3. The Kier molecular flexibility index (Phi) is 7.35. The van der Waals surface area contributed by atoms with Gasteiger partial charge in [-0.05, 0) is 77.9 Å². The van der Waals surface area contributed by atoms with Crippen LogP contribution in [0.4, 0.5) is 11.4 Å². The first kappa shape index (κ1) is 28.1. The Morgan fingerprint density at radius 1 is 0.905 bits per heavy atom. The van der Waals surface area contributed by atoms with Gasteiger partial charge in [-0.25, -0.2) is 0 Å². The molecule has 0 radical (unpaired) electrons. The molecule has 0 saturated carbocycles. The fourth-order valence-electron chi connectivity index (χ4n) is 6.04. The third-order valence-electron chi connectivity index (χ3n) is 7.69. The van der Waals surface area contributed by atoms with E-state index in [4.69, 9.17) is 39.5 Å². The molecule has 4 aromatic carbocycles. The largest absolute Gasteiger partial charge is 0.457 e. The molecule has 2 aliphatic rings. The minimum Gasteiger partial charge on any atom is -0.457 e. The van der Waals surface area contributed by atoms with Gasteiger partial charge in [0.05, 0.1) is 6.04 Å². The number of anilines is 2. The average Bonchev–Trinajstić information content (AvgIpc) is 3.22. The summed E-state index contributed by atoms with van der Waals surface area (Å²) in [6.45, 7) is 1.43. The number of hydrogen-bond acceptors (Lipinski definition) is 4. The zero-order chi connectivity index (χ0) is 29.6. The smallest absolute Gasteiger partial charge is 0.238 e. The molecule has 0 aliphatic carbocycles. The van der Waals surface area contributed by atoms with Crippen LogP contribution in [-0.4, -0.2) is 17.7 Å². The van der Waals surface area contributed by atoms with Gasteiger partial charge in [-0.15, -0.1) is 0 Å². The molecule has 0 aromatic heterocycles. The molecular weight excluding hydrogens is 597 g/mol. The molecule has 7 nitrogen and oxygen atoms in total. The van der Waals surface area contributed by atoms with Crippen LogP contribution in [0.25, 0.3) is 0 Å². The fraction of sp³-hybridized carbons (Fsp3) is 0.156. The van der Waals surface area contributed by atoms with Gasteiger partial charge in [-0.1, -0.05) is 53.0 Å². The molecule has 3 amide bonds. The van der Waals surface area contributed by atoms with E-state index in [1.807, 2.05) is 12.1 Å². The van der Waals surface area contributed by atoms with Crippen molar-refractivity contribution in [2.24, 2.45) is 0 Å². The lowest BCUT2D eigenvalue weighted by atomic mass is 9.59. The number of fused-ring (bicyclic) bond motifs is 2. The Morgan fingerprint density at radius 3 is 2.36 bits per heavy atom. The van der Waals surface area contributed by atoms with Crippen molar-refractivity contribution in [3.05, 3.63) is 117 Å². The summed E-state index contributed by atoms with van der Waals surface area (Å²) in [4.78, 5) is 39.1. The Hall–Kier alpha value is -4.04. The number of amides is 3. The first-order valence-electron chi connectivity index (χ1n) is 13.2. The molecule has 0 bridgehead atoms. The number of piperidine rings is 1. The van der Waals surface area contributed by atoms with Crippen molar-refractivity contribution < 1.29 is 19.1 Å². The van der Waals surface area contributed by atoms with Gasteiger partial charge in [0.1, 0.15) is 16.9 Å². The van der Waals surface area contributed by atoms with Gasteiger partial charge in [0.15, 0.2) is 0 Å². The van der Waals surface area contributed by atoms with E-state index in [2.05, 4.69) is 16.0 Å². The molecule has 42 heavy (non-hydrogen) atoms. The quantitative estimate of drug-likeness (QED) is 0.214. The Balaban J connectivity index is 1.53. The SMILES string of the molecule is CC(=O)Nc1ccc(Oc2ccc(Cl)cc2[C@H]2NC(=O)C[C@@H](c3cccc(Cl)c3)C23C(=O)Nc2cc(Cl)ccc23)cc1. The molecule has 3 atom stereocenters. The van der Waals surface area contributed by atoms with Gasteiger partial charge in [0, 0.05) is 51.3 Å². The number of rotatable bonds is 5. The van der Waals surface area contributed by atoms with Gasteiger partial charge >= 0.3 is 0 Å². The van der Waals surface area contributed by atoms with E-state index in [9.17, 15) is 14.4 Å². The standard InChI is InChI=1S/C32H24Cl3N3O4/c1-17(39)36-22-7-9-23(10-8-22)42-28-12-6-20(34)14-24(28)30-32(25-11-5-21(35)15-27(25)37-31(32)41)26(16-29(40)38-30)18-3-2-4-19(33)13-18/h2-15,26,30H,16H2,1H3,(H,36,39)(H,37,41)(H,38,40)/t26-,30+,32?/m0/s1. The minimum absolute atomic E-state index is 0.0493. The van der Waals surface area contributed by atoms with Crippen molar-refractivity contribution in [2.75, 3.05) is 10.6 Å². The maximum Gasteiger partial charge on any atom is 0.238 e. The van der Waals surface area contributed by atoms with E-state index in [1.165, 1.54) is 6.92 Å². The summed E-state index contributed by atoms with van der Waals surface area (Å²) in [7, 11) is 0. The summed E-state index contributed by atoms with van der Waals surface area (Å²) in [5.74, 6) is -0.415. The van der Waals surface area contributed by atoms with Crippen LogP contribution in [0.5, 0.6) is 11.5 Å². The number of hydrogen-bond donors (Lipinski definition) is 3. The topological polar surface area (TPSA) is 96.5 Å². The molecule has 4 aromatic rings. The van der Waals surface area contributed by atoms with Crippen LogP contribution in [0.3, 0.4) is 0 Å². The third-order valence-corrected chi connectivity index (χ3v) is 8.39. The molecule has 1 spiro atoms. The summed E-state index contributed by atoms with van der Waals surface area (Å²) >= 11 is 19.3. The molecule has 1 fully saturated rings. The van der Waals surface area contributed by atoms with E-state index in [0.717, 1.165) is 5.56 Å². The van der Waals surface area contributed by atoms with Crippen molar-refractivity contribution in [3.63, 3.8) is 0 Å². The van der Waals surface area contributed by atoms with E-state index < -0.39 is 17.4 Å². The Bertz CT molecular complexity index is 1740. The first-order chi connectivity index (χ1) is 20.1. The average molecular weight is 621 g/mol. The molecule has 212 valence electrons. The van der Waals surface area contributed by atoms with Crippen molar-refractivity contribution in [2.45, 2.75) is 30.7 Å². The summed E-state index contributed by atoms with van der Waals surface area (Å²) in [6, 6.07) is 23.6. The second kappa shape index (κ2) is 11.0. The highest BCUT2D eigenvalue weighted by molar-refractivity contribution is 6.31. The van der Waals surface area contributed by atoms with Crippen LogP contribution < -0.4 is 20.7 Å². The van der Waals surface area contributed by atoms with Crippen LogP contribution in [0.2, 0.25) is 15.1 Å². The highest BCUT2D eigenvalue weighted by Gasteiger charge is 2.61. The van der Waals surface area contributed by atoms with Crippen molar-refractivity contribution >= 4 is 63.9 Å². The number of nitrogens with one attached hydrogen (secondary N) is 3. The number of ether oxygens (including phenoxy) is 1. The normalized spacial score (nSPS) is 21.0. The van der Waals surface area contributed by atoms with Gasteiger partial charge in [-0.2, -0.15) is 0 Å². The number of halogens is 3. The van der Waals surface area contributed by atoms with Crippen LogP contribution in [0.15, 0.2) is 84.9 Å². The lowest BCUT2D eigenvalue weighted by molar-refractivity contribution is -0.131. The lowest BCUT2D eigenvalue weighted by Gasteiger charge is -2.46. The van der Waals surface area contributed by atoms with Crippen LogP contribution in [0, 0.1) is 0 Å². The van der Waals surface area contributed by atoms with Crippen LogP contribution >= 0.6 is 34.8 Å². The van der Waals surface area contributed by atoms with Crippen molar-refractivity contribution in [3.8, 4) is 11.5 Å². The molecule has 10 heteroatoms. The zero-order valence-electron chi connectivity index (χ0n) is 22.2. The van der Waals surface area contributed by atoms with Gasteiger partial charge < -0.3 is 20.7 Å². The summed E-state index contributed by atoms with van der Waals surface area (Å²) < 4.78 is 6.32. The predicted molar refractivity (Wildman–Crippen MR) is 164 cm³/mol. The fourth-order valence-corrected chi connectivity index (χ4v) is 6.60. The summed E-state index contributed by atoms with van der Waals surface area (Å²) in [6.07, 6.45) is 0.0493. The highest BCUT2D eigenvalue weighted by Crippen LogP contribution is 2.58. The Morgan fingerprint density at radius 2 is 1.62 bits per heavy atom. The van der Waals surface area contributed by atoms with E-state index >= 15 is 0 Å². The highest BCUT2D eigenvalue weighted by atomic mass is 35.5. The predicted octanol–water partition coefficient (Wildman–Crippen LogP) is 7.63. The van der Waals surface area contributed by atoms with Gasteiger partial charge in [-0.3, -0.25) is 14.4 Å². The lowest BCUT2D eigenvalue weighted by Crippen LogP contribution is -2.56. The number of carbonyl (C=O) groups excluding carboxylic acids is 3. The number of carbonyl (C=O) groups is 3. The molecular formula is C32H24Cl3N3O4. The van der Waals surface area contributed by atoms with E-state index in [-0.39, 0.29) is 24.1 Å². The van der Waals surface area contributed by atoms with Crippen LogP contribution in [0.1, 0.15) is 42.0 Å². The summed E-state index contributed by atoms with van der Waals surface area (Å²) in [5.41, 5.74) is 1.85. The molecule has 1 saturated heterocycles. The first-order valence-corrected chi connectivity index (χ1v) is 14.3. The van der Waals surface area contributed by atoms with Crippen molar-refractivity contribution in [1.29, 1.82) is 0 Å². The van der Waals surface area contributed by atoms with Gasteiger partial charge in [0.2, 0.25) is 17.7 Å². The minimum atomic E-state index is -1.30. The number of benzene rings is 4. The molecule has 2 heterocycles. The molecule has 3 N–H and O–H groups in total. The maximum absolute atomic E-state index is 14.3. The molecule has 1 unspecified atom stereocenters. The third kappa shape index (κ3) is 4.98. The van der Waals surface area contributed by atoms with E-state index in [0.29, 0.717) is 49.1 Å². The van der Waals surface area contributed by atoms with Crippen LogP contribution in [-0.2, 0) is 19.8 Å². The second-order valence-corrected chi connectivity index (χ2v) is 11.6. The maximum atomic E-state index is 14.3. The van der Waals surface area contributed by atoms with Gasteiger partial charge in [0.25, 0.3) is 0 Å². The summed E-state index contributed by atoms with van der Waals surface area (Å²) in [5, 5.41) is 10.2.